The number of hydrogen-bond acceptors (Lipinski definition) is 5. The van der Waals surface area contributed by atoms with E-state index >= 15 is 0 Å². The number of amides is 1. The summed E-state index contributed by atoms with van der Waals surface area (Å²) in [4.78, 5) is 19.0. The first-order valence-corrected chi connectivity index (χ1v) is 10.2. The van der Waals surface area contributed by atoms with Crippen LogP contribution < -0.4 is 14.9 Å². The molecule has 0 radical (unpaired) electrons. The fourth-order valence-electron chi connectivity index (χ4n) is 2.87. The van der Waals surface area contributed by atoms with Gasteiger partial charge in [-0.3, -0.25) is 4.79 Å². The molecule has 3 rings (SSSR count). The number of aromatic nitrogens is 1. The van der Waals surface area contributed by atoms with Crippen LogP contribution in [0.1, 0.15) is 23.2 Å². The van der Waals surface area contributed by atoms with Gasteiger partial charge in [-0.05, 0) is 43.2 Å². The molecule has 8 heteroatoms. The van der Waals surface area contributed by atoms with Gasteiger partial charge in [-0.1, -0.05) is 12.1 Å². The summed E-state index contributed by atoms with van der Waals surface area (Å²) in [6.45, 7) is 5.64. The van der Waals surface area contributed by atoms with Crippen molar-refractivity contribution in [2.24, 2.45) is 0 Å². The van der Waals surface area contributed by atoms with Gasteiger partial charge in [0.2, 0.25) is 10.0 Å². The largest absolute Gasteiger partial charge is 0.370 e. The Labute approximate surface area is 159 Å². The number of hydrogen-bond donors (Lipinski definition) is 2. The quantitative estimate of drug-likeness (QED) is 0.713. The first-order chi connectivity index (χ1) is 13.0. The average molecular weight is 386 g/mol. The molecule has 27 heavy (non-hydrogen) atoms. The van der Waals surface area contributed by atoms with Crippen LogP contribution in [-0.2, 0) is 10.0 Å². The second kappa shape index (κ2) is 8.32. The molecule has 0 bridgehead atoms. The summed E-state index contributed by atoms with van der Waals surface area (Å²) in [5.41, 5.74) is 1.27. The Morgan fingerprint density at radius 1 is 1.22 bits per heavy atom. The predicted octanol–water partition coefficient (Wildman–Crippen LogP) is 2.40. The van der Waals surface area contributed by atoms with Crippen LogP contribution in [0.5, 0.6) is 0 Å². The van der Waals surface area contributed by atoms with Gasteiger partial charge in [-0.2, -0.15) is 0 Å². The van der Waals surface area contributed by atoms with Crippen LogP contribution in [0.25, 0.3) is 0 Å². The number of nitrogens with one attached hydrogen (secondary N) is 2. The maximum absolute atomic E-state index is 12.5. The van der Waals surface area contributed by atoms with E-state index in [9.17, 15) is 13.2 Å². The minimum atomic E-state index is -3.69. The maximum Gasteiger partial charge on any atom is 0.256 e. The Balaban J connectivity index is 1.70. The van der Waals surface area contributed by atoms with Crippen molar-refractivity contribution in [2.75, 3.05) is 29.9 Å². The van der Waals surface area contributed by atoms with Crippen molar-refractivity contribution in [2.45, 2.75) is 17.7 Å². The molecule has 142 valence electrons. The number of pyridine rings is 1. The van der Waals surface area contributed by atoms with Gasteiger partial charge in [-0.15, -0.1) is 6.58 Å². The van der Waals surface area contributed by atoms with Gasteiger partial charge in [0.1, 0.15) is 5.82 Å². The molecule has 1 aromatic carbocycles. The van der Waals surface area contributed by atoms with Gasteiger partial charge < -0.3 is 10.2 Å². The standard InChI is InChI=1S/C19H22N4O3S/c1-2-10-21-27(25,26)17-7-5-6-15(13-17)19(24)22-18-9-8-16(14-20-18)23-11-3-4-12-23/h2,5-9,13-14,21H,1,3-4,10-12H2,(H,20,22,24). The van der Waals surface area contributed by atoms with E-state index in [1.54, 1.807) is 18.3 Å². The van der Waals surface area contributed by atoms with Gasteiger partial charge in [0, 0.05) is 25.2 Å². The first-order valence-electron chi connectivity index (χ1n) is 8.72. The molecule has 1 aromatic heterocycles. The molecule has 0 aliphatic carbocycles. The van der Waals surface area contributed by atoms with E-state index in [2.05, 4.69) is 26.5 Å². The van der Waals surface area contributed by atoms with E-state index in [0.29, 0.717) is 5.82 Å². The lowest BCUT2D eigenvalue weighted by atomic mass is 10.2. The third kappa shape index (κ3) is 4.72. The average Bonchev–Trinajstić information content (AvgIpc) is 3.22. The molecule has 0 unspecified atom stereocenters. The molecule has 0 saturated carbocycles. The Kier molecular flexibility index (Phi) is 5.88. The maximum atomic E-state index is 12.5. The van der Waals surface area contributed by atoms with Crippen LogP contribution in [0.15, 0.2) is 60.1 Å². The highest BCUT2D eigenvalue weighted by atomic mass is 32.2. The summed E-state index contributed by atoms with van der Waals surface area (Å²) in [5.74, 6) is -0.00168. The van der Waals surface area contributed by atoms with E-state index in [4.69, 9.17) is 0 Å². The molecule has 1 fully saturated rings. The summed E-state index contributed by atoms with van der Waals surface area (Å²) >= 11 is 0. The molecule has 1 aliphatic rings. The third-order valence-corrected chi connectivity index (χ3v) is 5.71. The molecular formula is C19H22N4O3S. The molecule has 1 amide bonds. The van der Waals surface area contributed by atoms with Crippen molar-refractivity contribution < 1.29 is 13.2 Å². The lowest BCUT2D eigenvalue weighted by molar-refractivity contribution is 0.102. The van der Waals surface area contributed by atoms with Crippen LogP contribution in [-0.4, -0.2) is 38.9 Å². The zero-order valence-corrected chi connectivity index (χ0v) is 15.7. The van der Waals surface area contributed by atoms with Gasteiger partial charge in [0.25, 0.3) is 5.91 Å². The minimum Gasteiger partial charge on any atom is -0.370 e. The topological polar surface area (TPSA) is 91.4 Å². The summed E-state index contributed by atoms with van der Waals surface area (Å²) in [6.07, 6.45) is 5.55. The molecule has 7 nitrogen and oxygen atoms in total. The van der Waals surface area contributed by atoms with E-state index in [-0.39, 0.29) is 17.0 Å². The van der Waals surface area contributed by atoms with E-state index in [1.807, 2.05) is 6.07 Å². The van der Waals surface area contributed by atoms with Crippen LogP contribution in [0, 0.1) is 0 Å². The Bertz CT molecular complexity index is 920. The number of sulfonamides is 1. The SMILES string of the molecule is C=CCNS(=O)(=O)c1cccc(C(=O)Nc2ccc(N3CCCC3)cn2)c1. The second-order valence-electron chi connectivity index (χ2n) is 6.22. The Morgan fingerprint density at radius 3 is 2.67 bits per heavy atom. The van der Waals surface area contributed by atoms with Crippen molar-refractivity contribution in [1.29, 1.82) is 0 Å². The zero-order valence-electron chi connectivity index (χ0n) is 14.9. The summed E-state index contributed by atoms with van der Waals surface area (Å²) < 4.78 is 26.7. The number of carbonyl (C=O) groups excluding carboxylic acids is 1. The Hall–Kier alpha value is -2.71. The summed E-state index contributed by atoms with van der Waals surface area (Å²) in [7, 11) is -3.69. The number of nitrogens with zero attached hydrogens (tertiary/aromatic N) is 2. The van der Waals surface area contributed by atoms with Crippen LogP contribution >= 0.6 is 0 Å². The highest BCUT2D eigenvalue weighted by Crippen LogP contribution is 2.20. The van der Waals surface area contributed by atoms with Crippen LogP contribution in [0.3, 0.4) is 0 Å². The highest BCUT2D eigenvalue weighted by molar-refractivity contribution is 7.89. The highest BCUT2D eigenvalue weighted by Gasteiger charge is 2.16. The van der Waals surface area contributed by atoms with Gasteiger partial charge in [0.15, 0.2) is 0 Å². The summed E-state index contributed by atoms with van der Waals surface area (Å²) in [6, 6.07) is 9.53. The van der Waals surface area contributed by atoms with Crippen molar-refractivity contribution in [3.05, 3.63) is 60.8 Å². The molecule has 1 saturated heterocycles. The van der Waals surface area contributed by atoms with E-state index < -0.39 is 15.9 Å². The third-order valence-electron chi connectivity index (χ3n) is 4.28. The number of anilines is 2. The molecule has 0 atom stereocenters. The van der Waals surface area contributed by atoms with E-state index in [0.717, 1.165) is 18.8 Å². The monoisotopic (exact) mass is 386 g/mol. The second-order valence-corrected chi connectivity index (χ2v) is 7.99. The summed E-state index contributed by atoms with van der Waals surface area (Å²) in [5, 5.41) is 2.70. The molecule has 1 aliphatic heterocycles. The fourth-order valence-corrected chi connectivity index (χ4v) is 3.91. The number of benzene rings is 1. The molecule has 2 N–H and O–H groups in total. The van der Waals surface area contributed by atoms with Gasteiger partial charge >= 0.3 is 0 Å². The molecular weight excluding hydrogens is 364 g/mol. The van der Waals surface area contributed by atoms with Crippen LogP contribution in [0.2, 0.25) is 0 Å². The fraction of sp³-hybridized carbons (Fsp3) is 0.263. The lowest BCUT2D eigenvalue weighted by Gasteiger charge is -2.17. The Morgan fingerprint density at radius 2 is 2.00 bits per heavy atom. The predicted molar refractivity (Wildman–Crippen MR) is 105 cm³/mol. The van der Waals surface area contributed by atoms with Crippen molar-refractivity contribution in [1.82, 2.24) is 9.71 Å². The first kappa shape index (κ1) is 19.1. The number of carbonyl (C=O) groups is 1. The zero-order chi connectivity index (χ0) is 19.3. The van der Waals surface area contributed by atoms with Crippen molar-refractivity contribution in [3.63, 3.8) is 0 Å². The molecule has 2 aromatic rings. The van der Waals surface area contributed by atoms with Crippen molar-refractivity contribution >= 4 is 27.4 Å². The molecule has 0 spiro atoms. The van der Waals surface area contributed by atoms with Crippen LogP contribution in [0.4, 0.5) is 11.5 Å². The van der Waals surface area contributed by atoms with Gasteiger partial charge in [0.05, 0.1) is 16.8 Å². The van der Waals surface area contributed by atoms with Crippen molar-refractivity contribution in [3.8, 4) is 0 Å². The smallest absolute Gasteiger partial charge is 0.256 e. The van der Waals surface area contributed by atoms with E-state index in [1.165, 1.54) is 37.1 Å². The van der Waals surface area contributed by atoms with Gasteiger partial charge in [-0.25, -0.2) is 18.1 Å². The minimum absolute atomic E-state index is 0.0225. The normalized spacial score (nSPS) is 14.1. The lowest BCUT2D eigenvalue weighted by Crippen LogP contribution is -2.24. The number of rotatable bonds is 7. The molecule has 2 heterocycles.